The lowest BCUT2D eigenvalue weighted by atomic mass is 10.1. The molecule has 0 aliphatic heterocycles. The number of anilines is 1. The third kappa shape index (κ3) is 3.91. The van der Waals surface area contributed by atoms with Gasteiger partial charge in [0.05, 0.1) is 28.0 Å². The van der Waals surface area contributed by atoms with E-state index < -0.39 is 10.0 Å². The number of carbonyl (C=O) groups is 1. The van der Waals surface area contributed by atoms with Gasteiger partial charge in [-0.1, -0.05) is 31.2 Å². The van der Waals surface area contributed by atoms with Crippen molar-refractivity contribution in [3.63, 3.8) is 0 Å². The summed E-state index contributed by atoms with van der Waals surface area (Å²) in [5.74, 6) is -0.363. The maximum absolute atomic E-state index is 12.7. The first-order valence-electron chi connectivity index (χ1n) is 8.38. The topological polar surface area (TPSA) is 107 Å². The number of benzene rings is 2. The Morgan fingerprint density at radius 3 is 2.52 bits per heavy atom. The fourth-order valence-electron chi connectivity index (χ4n) is 2.88. The van der Waals surface area contributed by atoms with Crippen LogP contribution in [0.25, 0.3) is 5.69 Å². The molecule has 0 aliphatic rings. The van der Waals surface area contributed by atoms with Crippen molar-refractivity contribution in [3.05, 3.63) is 71.5 Å². The van der Waals surface area contributed by atoms with E-state index in [1.807, 2.05) is 37.3 Å². The van der Waals surface area contributed by atoms with E-state index >= 15 is 0 Å². The van der Waals surface area contributed by atoms with Crippen molar-refractivity contribution in [2.45, 2.75) is 25.2 Å². The Labute approximate surface area is 157 Å². The van der Waals surface area contributed by atoms with Crippen LogP contribution in [0.4, 0.5) is 5.69 Å². The Bertz CT molecular complexity index is 1090. The zero-order valence-electron chi connectivity index (χ0n) is 15.0. The molecule has 3 aromatic rings. The molecule has 0 bridgehead atoms. The summed E-state index contributed by atoms with van der Waals surface area (Å²) in [6.45, 7) is 3.59. The molecule has 8 heteroatoms. The molecule has 3 rings (SSSR count). The average Bonchev–Trinajstić information content (AvgIpc) is 3.07. The van der Waals surface area contributed by atoms with E-state index in [1.165, 1.54) is 12.3 Å². The second kappa shape index (κ2) is 7.34. The molecule has 0 spiro atoms. The molecule has 1 aromatic heterocycles. The van der Waals surface area contributed by atoms with Crippen molar-refractivity contribution in [2.24, 2.45) is 5.14 Å². The lowest BCUT2D eigenvalue weighted by molar-refractivity contribution is 0.102. The number of hydrogen-bond acceptors (Lipinski definition) is 4. The van der Waals surface area contributed by atoms with Gasteiger partial charge in [0.1, 0.15) is 0 Å². The van der Waals surface area contributed by atoms with Gasteiger partial charge in [-0.3, -0.25) is 4.79 Å². The molecule has 7 nitrogen and oxygen atoms in total. The lowest BCUT2D eigenvalue weighted by Gasteiger charge is -2.10. The molecular weight excluding hydrogens is 364 g/mol. The number of aromatic nitrogens is 2. The molecule has 27 heavy (non-hydrogen) atoms. The van der Waals surface area contributed by atoms with Gasteiger partial charge in [0.2, 0.25) is 10.0 Å². The number of nitrogens with one attached hydrogen (secondary N) is 1. The number of aryl methyl sites for hydroxylation is 1. The second-order valence-electron chi connectivity index (χ2n) is 6.09. The van der Waals surface area contributed by atoms with Gasteiger partial charge in [0.15, 0.2) is 0 Å². The number of carbonyl (C=O) groups excluding carboxylic acids is 1. The zero-order chi connectivity index (χ0) is 19.6. The number of sulfonamides is 1. The smallest absolute Gasteiger partial charge is 0.259 e. The number of nitrogens with two attached hydrogens (primary N) is 1. The Balaban J connectivity index is 1.93. The van der Waals surface area contributed by atoms with Crippen LogP contribution in [0.2, 0.25) is 0 Å². The van der Waals surface area contributed by atoms with Gasteiger partial charge < -0.3 is 5.32 Å². The van der Waals surface area contributed by atoms with E-state index in [1.54, 1.807) is 23.7 Å². The third-order valence-corrected chi connectivity index (χ3v) is 5.25. The number of rotatable bonds is 5. The fraction of sp³-hybridized carbons (Fsp3) is 0.158. The van der Waals surface area contributed by atoms with Crippen LogP contribution in [0.3, 0.4) is 0 Å². The van der Waals surface area contributed by atoms with E-state index in [0.29, 0.717) is 23.2 Å². The van der Waals surface area contributed by atoms with Gasteiger partial charge >= 0.3 is 0 Å². The zero-order valence-corrected chi connectivity index (χ0v) is 15.8. The Hall–Kier alpha value is -2.97. The number of amides is 1. The van der Waals surface area contributed by atoms with Crippen LogP contribution < -0.4 is 10.5 Å². The van der Waals surface area contributed by atoms with Gasteiger partial charge in [-0.2, -0.15) is 5.10 Å². The first-order chi connectivity index (χ1) is 12.8. The SMILES string of the molecule is CCc1c(C(=O)Nc2ccc(C)c(S(N)(=O)=O)c2)cnn1-c1ccccc1. The van der Waals surface area contributed by atoms with Crippen molar-refractivity contribution in [1.29, 1.82) is 0 Å². The second-order valence-corrected chi connectivity index (χ2v) is 7.62. The van der Waals surface area contributed by atoms with Gasteiger partial charge in [-0.15, -0.1) is 0 Å². The molecule has 0 aliphatic carbocycles. The Morgan fingerprint density at radius 2 is 1.89 bits per heavy atom. The fourth-order valence-corrected chi connectivity index (χ4v) is 3.69. The van der Waals surface area contributed by atoms with Crippen LogP contribution in [0, 0.1) is 6.92 Å². The van der Waals surface area contributed by atoms with Crippen molar-refractivity contribution < 1.29 is 13.2 Å². The largest absolute Gasteiger partial charge is 0.322 e. The van der Waals surface area contributed by atoms with Crippen molar-refractivity contribution in [1.82, 2.24) is 9.78 Å². The monoisotopic (exact) mass is 384 g/mol. The first kappa shape index (κ1) is 18.8. The molecule has 0 saturated heterocycles. The number of primary sulfonamides is 1. The number of nitrogens with zero attached hydrogens (tertiary/aromatic N) is 2. The van der Waals surface area contributed by atoms with Gasteiger partial charge in [-0.25, -0.2) is 18.2 Å². The minimum Gasteiger partial charge on any atom is -0.322 e. The standard InChI is InChI=1S/C19H20N4O3S/c1-3-17-16(12-21-23(17)15-7-5-4-6-8-15)19(24)22-14-10-9-13(2)18(11-14)27(20,25)26/h4-12H,3H2,1-2H3,(H,22,24)(H2,20,25,26). The van der Waals surface area contributed by atoms with Crippen LogP contribution in [0.5, 0.6) is 0 Å². The van der Waals surface area contributed by atoms with Crippen LogP contribution in [0.1, 0.15) is 28.5 Å². The van der Waals surface area contributed by atoms with Gasteiger partial charge in [0, 0.05) is 5.69 Å². The molecule has 0 radical (unpaired) electrons. The molecule has 0 saturated carbocycles. The minimum absolute atomic E-state index is 0.0176. The summed E-state index contributed by atoms with van der Waals surface area (Å²) in [7, 11) is -3.87. The molecule has 0 atom stereocenters. The Morgan fingerprint density at radius 1 is 1.19 bits per heavy atom. The van der Waals surface area contributed by atoms with E-state index in [9.17, 15) is 13.2 Å². The summed E-state index contributed by atoms with van der Waals surface area (Å²) in [5.41, 5.74) is 2.92. The molecule has 2 aromatic carbocycles. The summed E-state index contributed by atoms with van der Waals surface area (Å²) < 4.78 is 25.1. The molecule has 1 heterocycles. The molecule has 3 N–H and O–H groups in total. The normalized spacial score (nSPS) is 11.4. The predicted molar refractivity (Wildman–Crippen MR) is 103 cm³/mol. The summed E-state index contributed by atoms with van der Waals surface area (Å²) >= 11 is 0. The molecule has 0 fully saturated rings. The highest BCUT2D eigenvalue weighted by Crippen LogP contribution is 2.21. The van der Waals surface area contributed by atoms with Crippen molar-refractivity contribution in [3.8, 4) is 5.69 Å². The number of para-hydroxylation sites is 1. The molecule has 1 amide bonds. The highest BCUT2D eigenvalue weighted by Gasteiger charge is 2.18. The summed E-state index contributed by atoms with van der Waals surface area (Å²) in [5, 5.41) is 12.3. The van der Waals surface area contributed by atoms with E-state index in [-0.39, 0.29) is 10.8 Å². The highest BCUT2D eigenvalue weighted by molar-refractivity contribution is 7.89. The predicted octanol–water partition coefficient (Wildman–Crippen LogP) is 2.64. The lowest BCUT2D eigenvalue weighted by Crippen LogP contribution is -2.17. The summed E-state index contributed by atoms with van der Waals surface area (Å²) in [4.78, 5) is 12.7. The molecule has 0 unspecified atom stereocenters. The quantitative estimate of drug-likeness (QED) is 0.705. The number of hydrogen-bond donors (Lipinski definition) is 2. The first-order valence-corrected chi connectivity index (χ1v) is 9.93. The minimum atomic E-state index is -3.87. The van der Waals surface area contributed by atoms with Gasteiger partial charge in [-0.05, 0) is 43.2 Å². The van der Waals surface area contributed by atoms with Crippen LogP contribution in [-0.4, -0.2) is 24.1 Å². The third-order valence-electron chi connectivity index (χ3n) is 4.20. The van der Waals surface area contributed by atoms with Gasteiger partial charge in [0.25, 0.3) is 5.91 Å². The van der Waals surface area contributed by atoms with E-state index in [2.05, 4.69) is 10.4 Å². The van der Waals surface area contributed by atoms with E-state index in [0.717, 1.165) is 11.4 Å². The summed E-state index contributed by atoms with van der Waals surface area (Å²) in [6, 6.07) is 14.1. The highest BCUT2D eigenvalue weighted by atomic mass is 32.2. The van der Waals surface area contributed by atoms with Crippen LogP contribution in [0.15, 0.2) is 59.6 Å². The van der Waals surface area contributed by atoms with Crippen LogP contribution >= 0.6 is 0 Å². The maximum Gasteiger partial charge on any atom is 0.259 e. The summed E-state index contributed by atoms with van der Waals surface area (Å²) in [6.07, 6.45) is 2.11. The molecular formula is C19H20N4O3S. The van der Waals surface area contributed by atoms with Crippen LogP contribution in [-0.2, 0) is 16.4 Å². The Kier molecular flexibility index (Phi) is 5.11. The van der Waals surface area contributed by atoms with E-state index in [4.69, 9.17) is 5.14 Å². The average molecular weight is 384 g/mol. The van der Waals surface area contributed by atoms with Crippen molar-refractivity contribution >= 4 is 21.6 Å². The maximum atomic E-state index is 12.7. The molecule has 140 valence electrons. The van der Waals surface area contributed by atoms with Crippen molar-refractivity contribution in [2.75, 3.05) is 5.32 Å².